The van der Waals surface area contributed by atoms with Crippen molar-refractivity contribution in [3.05, 3.63) is 49.0 Å². The fourth-order valence-corrected chi connectivity index (χ4v) is 3.56. The van der Waals surface area contributed by atoms with Gasteiger partial charge in [-0.1, -0.05) is 26.0 Å². The van der Waals surface area contributed by atoms with Gasteiger partial charge in [0.1, 0.15) is 0 Å². The third-order valence-electron chi connectivity index (χ3n) is 2.68. The molecular weight excluding hydrogens is 390 g/mol. The number of carbonyl (C=O) groups is 1. The Kier molecular flexibility index (Phi) is 4.81. The van der Waals surface area contributed by atoms with Gasteiger partial charge >= 0.3 is 0 Å². The number of rotatable bonds is 3. The lowest BCUT2D eigenvalue weighted by Gasteiger charge is -2.08. The molecule has 1 heterocycles. The van der Waals surface area contributed by atoms with Crippen molar-refractivity contribution < 1.29 is 4.79 Å². The molecular formula is C14H13Br2NOS. The molecule has 0 aliphatic rings. The summed E-state index contributed by atoms with van der Waals surface area (Å²) in [6, 6.07) is 9.77. The van der Waals surface area contributed by atoms with E-state index in [-0.39, 0.29) is 5.91 Å². The van der Waals surface area contributed by atoms with Crippen LogP contribution >= 0.6 is 43.2 Å². The van der Waals surface area contributed by atoms with Crippen molar-refractivity contribution >= 4 is 54.8 Å². The van der Waals surface area contributed by atoms with Crippen molar-refractivity contribution in [2.75, 3.05) is 5.32 Å². The van der Waals surface area contributed by atoms with Crippen molar-refractivity contribution in [1.29, 1.82) is 0 Å². The van der Waals surface area contributed by atoms with Gasteiger partial charge in [0.05, 0.1) is 8.66 Å². The second-order valence-corrected chi connectivity index (χ2v) is 7.69. The molecule has 0 bridgehead atoms. The monoisotopic (exact) mass is 401 g/mol. The smallest absolute Gasteiger partial charge is 0.265 e. The van der Waals surface area contributed by atoms with E-state index in [0.29, 0.717) is 10.8 Å². The maximum Gasteiger partial charge on any atom is 0.265 e. The van der Waals surface area contributed by atoms with Gasteiger partial charge in [-0.25, -0.2) is 0 Å². The van der Waals surface area contributed by atoms with E-state index in [1.165, 1.54) is 16.9 Å². The van der Waals surface area contributed by atoms with Crippen LogP contribution in [0.5, 0.6) is 0 Å². The van der Waals surface area contributed by atoms with Crippen molar-refractivity contribution in [3.8, 4) is 0 Å². The first kappa shape index (κ1) is 14.8. The van der Waals surface area contributed by atoms with Gasteiger partial charge in [-0.15, -0.1) is 11.3 Å². The third-order valence-corrected chi connectivity index (χ3v) is 5.94. The summed E-state index contributed by atoms with van der Waals surface area (Å²) in [6.07, 6.45) is 0. The van der Waals surface area contributed by atoms with E-state index in [2.05, 4.69) is 57.1 Å². The molecule has 5 heteroatoms. The van der Waals surface area contributed by atoms with E-state index >= 15 is 0 Å². The highest BCUT2D eigenvalue weighted by Gasteiger charge is 2.12. The lowest BCUT2D eigenvalue weighted by molar-refractivity contribution is 0.103. The molecule has 1 aromatic heterocycles. The standard InChI is InChI=1S/C14H13Br2NOS/c1-8(2)9-4-3-5-10(6-9)17-14(18)12-7-11(15)13(16)19-12/h3-8H,1-2H3,(H,17,18). The van der Waals surface area contributed by atoms with Crippen LogP contribution in [0.3, 0.4) is 0 Å². The molecule has 0 unspecified atom stereocenters. The van der Waals surface area contributed by atoms with E-state index in [0.717, 1.165) is 13.9 Å². The van der Waals surface area contributed by atoms with E-state index in [4.69, 9.17) is 0 Å². The lowest BCUT2D eigenvalue weighted by atomic mass is 10.0. The molecule has 0 saturated carbocycles. The zero-order valence-electron chi connectivity index (χ0n) is 10.5. The van der Waals surface area contributed by atoms with E-state index in [9.17, 15) is 4.79 Å². The molecule has 1 amide bonds. The maximum absolute atomic E-state index is 12.1. The molecule has 100 valence electrons. The summed E-state index contributed by atoms with van der Waals surface area (Å²) in [4.78, 5) is 12.8. The number of hydrogen-bond acceptors (Lipinski definition) is 2. The Morgan fingerprint density at radius 1 is 1.26 bits per heavy atom. The molecule has 0 aliphatic heterocycles. The first-order valence-corrected chi connectivity index (χ1v) is 8.23. The predicted octanol–water partition coefficient (Wildman–Crippen LogP) is 5.65. The molecule has 1 N–H and O–H groups in total. The highest BCUT2D eigenvalue weighted by molar-refractivity contribution is 9.13. The van der Waals surface area contributed by atoms with Crippen molar-refractivity contribution in [1.82, 2.24) is 0 Å². The zero-order valence-corrected chi connectivity index (χ0v) is 14.5. The summed E-state index contributed by atoms with van der Waals surface area (Å²) in [5.74, 6) is 0.360. The van der Waals surface area contributed by atoms with Crippen LogP contribution in [0.1, 0.15) is 35.0 Å². The van der Waals surface area contributed by atoms with E-state index < -0.39 is 0 Å². The molecule has 0 spiro atoms. The van der Waals surface area contributed by atoms with Gasteiger partial charge in [-0.05, 0) is 61.5 Å². The summed E-state index contributed by atoms with van der Waals surface area (Å²) in [7, 11) is 0. The van der Waals surface area contributed by atoms with Crippen LogP contribution in [0.4, 0.5) is 5.69 Å². The van der Waals surface area contributed by atoms with Gasteiger partial charge < -0.3 is 5.32 Å². The van der Waals surface area contributed by atoms with Gasteiger partial charge in [0.2, 0.25) is 0 Å². The molecule has 19 heavy (non-hydrogen) atoms. The fourth-order valence-electron chi connectivity index (χ4n) is 1.63. The number of thiophene rings is 1. The number of halogens is 2. The first-order valence-electron chi connectivity index (χ1n) is 5.83. The SMILES string of the molecule is CC(C)c1cccc(NC(=O)c2cc(Br)c(Br)s2)c1. The normalized spacial score (nSPS) is 10.8. The van der Waals surface area contributed by atoms with Crippen LogP contribution in [0.2, 0.25) is 0 Å². The van der Waals surface area contributed by atoms with Crippen LogP contribution in [-0.2, 0) is 0 Å². The Labute approximate surface area is 133 Å². The number of amides is 1. The van der Waals surface area contributed by atoms with Crippen LogP contribution in [0, 0.1) is 0 Å². The van der Waals surface area contributed by atoms with Gasteiger partial charge in [-0.3, -0.25) is 4.79 Å². The Hall–Kier alpha value is -0.650. The van der Waals surface area contributed by atoms with Crippen LogP contribution in [0.25, 0.3) is 0 Å². The highest BCUT2D eigenvalue weighted by Crippen LogP contribution is 2.32. The molecule has 1 aromatic carbocycles. The van der Waals surface area contributed by atoms with Crippen LogP contribution in [-0.4, -0.2) is 5.91 Å². The molecule has 2 aromatic rings. The second-order valence-electron chi connectivity index (χ2n) is 4.47. The van der Waals surface area contributed by atoms with Gasteiger partial charge in [0, 0.05) is 10.2 Å². The Morgan fingerprint density at radius 2 is 2.00 bits per heavy atom. The zero-order chi connectivity index (χ0) is 14.0. The highest BCUT2D eigenvalue weighted by atomic mass is 79.9. The summed E-state index contributed by atoms with van der Waals surface area (Å²) in [5, 5.41) is 2.92. The van der Waals surface area contributed by atoms with E-state index in [1.807, 2.05) is 24.3 Å². The minimum Gasteiger partial charge on any atom is -0.321 e. The first-order chi connectivity index (χ1) is 8.97. The minimum atomic E-state index is -0.0858. The fraction of sp³-hybridized carbons (Fsp3) is 0.214. The van der Waals surface area contributed by atoms with Crippen molar-refractivity contribution in [2.45, 2.75) is 19.8 Å². The molecule has 2 nitrogen and oxygen atoms in total. The van der Waals surface area contributed by atoms with Gasteiger partial charge in [0.25, 0.3) is 5.91 Å². The van der Waals surface area contributed by atoms with Crippen molar-refractivity contribution in [3.63, 3.8) is 0 Å². The Morgan fingerprint density at radius 3 is 2.58 bits per heavy atom. The number of carbonyl (C=O) groups excluding carboxylic acids is 1. The predicted molar refractivity (Wildman–Crippen MR) is 88.2 cm³/mol. The molecule has 0 saturated heterocycles. The summed E-state index contributed by atoms with van der Waals surface area (Å²) >= 11 is 8.19. The molecule has 0 atom stereocenters. The summed E-state index contributed by atoms with van der Waals surface area (Å²) in [5.41, 5.74) is 2.04. The van der Waals surface area contributed by atoms with Crippen molar-refractivity contribution in [2.24, 2.45) is 0 Å². The number of nitrogens with one attached hydrogen (secondary N) is 1. The summed E-state index contributed by atoms with van der Waals surface area (Å²) < 4.78 is 1.83. The molecule has 0 radical (unpaired) electrons. The van der Waals surface area contributed by atoms with Crippen LogP contribution in [0.15, 0.2) is 38.6 Å². The summed E-state index contributed by atoms with van der Waals surface area (Å²) in [6.45, 7) is 4.27. The maximum atomic E-state index is 12.1. The largest absolute Gasteiger partial charge is 0.321 e. The lowest BCUT2D eigenvalue weighted by Crippen LogP contribution is -2.10. The average Bonchev–Trinajstić information content (AvgIpc) is 2.70. The topological polar surface area (TPSA) is 29.1 Å². The quantitative estimate of drug-likeness (QED) is 0.706. The van der Waals surface area contributed by atoms with E-state index in [1.54, 1.807) is 0 Å². The van der Waals surface area contributed by atoms with Gasteiger partial charge in [-0.2, -0.15) is 0 Å². The molecule has 0 fully saturated rings. The minimum absolute atomic E-state index is 0.0858. The molecule has 0 aliphatic carbocycles. The Bertz CT molecular complexity index is 588. The van der Waals surface area contributed by atoms with Gasteiger partial charge in [0.15, 0.2) is 0 Å². The number of benzene rings is 1. The molecule has 2 rings (SSSR count). The second kappa shape index (κ2) is 6.20. The number of anilines is 1. The number of hydrogen-bond donors (Lipinski definition) is 1. The Balaban J connectivity index is 2.17. The van der Waals surface area contributed by atoms with Crippen LogP contribution < -0.4 is 5.32 Å². The average molecular weight is 403 g/mol. The third kappa shape index (κ3) is 3.68.